The molecule has 40 heavy (non-hydrogen) atoms. The van der Waals surface area contributed by atoms with Crippen molar-refractivity contribution in [2.45, 2.75) is 40.2 Å². The van der Waals surface area contributed by atoms with E-state index in [1.165, 1.54) is 18.2 Å². The summed E-state index contributed by atoms with van der Waals surface area (Å²) in [5.41, 5.74) is -2.03. The minimum atomic E-state index is -0.931. The molecule has 14 heteroatoms. The maximum Gasteiger partial charge on any atom is 0.413 e. The van der Waals surface area contributed by atoms with Crippen LogP contribution in [0, 0.1) is 5.92 Å². The quantitative estimate of drug-likeness (QED) is 0.254. The number of amides is 2. The predicted octanol–water partition coefficient (Wildman–Crippen LogP) is 6.28. The van der Waals surface area contributed by atoms with Gasteiger partial charge in [-0.05, 0) is 79.0 Å². The molecular weight excluding hydrogens is 629 g/mol. The summed E-state index contributed by atoms with van der Waals surface area (Å²) in [4.78, 5) is 50.9. The number of aromatic nitrogens is 3. The van der Waals surface area contributed by atoms with Crippen LogP contribution in [0.1, 0.15) is 34.6 Å². The minimum absolute atomic E-state index is 0.0244. The van der Waals surface area contributed by atoms with Crippen molar-refractivity contribution in [3.8, 4) is 17.2 Å². The van der Waals surface area contributed by atoms with Gasteiger partial charge in [-0.1, -0.05) is 43.1 Å². The lowest BCUT2D eigenvalue weighted by molar-refractivity contribution is -0.111. The van der Waals surface area contributed by atoms with Crippen LogP contribution in [0.5, 0.6) is 11.5 Å². The number of carbonyl (C=O) groups excluding carboxylic acids is 2. The minimum Gasteiger partial charge on any atom is -0.454 e. The van der Waals surface area contributed by atoms with E-state index in [4.69, 9.17) is 32.7 Å². The van der Waals surface area contributed by atoms with Crippen molar-refractivity contribution >= 4 is 62.6 Å². The highest BCUT2D eigenvalue weighted by Gasteiger charge is 2.20. The Morgan fingerprint density at radius 2 is 1.75 bits per heavy atom. The Labute approximate surface area is 247 Å². The normalized spacial score (nSPS) is 11.5. The first-order valence-corrected chi connectivity index (χ1v) is 13.4. The summed E-state index contributed by atoms with van der Waals surface area (Å²) in [5.74, 6) is -0.0820. The second-order valence-corrected chi connectivity index (χ2v) is 11.4. The van der Waals surface area contributed by atoms with E-state index in [-0.39, 0.29) is 33.3 Å². The Kier molecular flexibility index (Phi) is 9.82. The summed E-state index contributed by atoms with van der Waals surface area (Å²) in [6.45, 7) is 8.87. The molecule has 0 saturated heterocycles. The molecule has 3 rings (SSSR count). The van der Waals surface area contributed by atoms with Crippen LogP contribution in [0.2, 0.25) is 10.0 Å². The fourth-order valence-electron chi connectivity index (χ4n) is 3.06. The zero-order valence-corrected chi connectivity index (χ0v) is 25.2. The van der Waals surface area contributed by atoms with Crippen LogP contribution >= 0.6 is 39.1 Å². The standard InChI is InChI=1S/C26H26BrCl2N5O6/c1-13(2)6-9-20(35)30-19-8-7-15(12-16(19)27)39-21-17(28)10-14(11-18(21)29)34-24(37)32-23(36)22(33-34)31-25(38)40-26(3,4)5/h6-13H,1-5H3,(H,30,35)(H,31,33,38)(H,32,36,37). The highest BCUT2D eigenvalue weighted by atomic mass is 79.9. The molecule has 0 unspecified atom stereocenters. The number of allylic oxidation sites excluding steroid dienone is 1. The first-order valence-electron chi connectivity index (χ1n) is 11.8. The third kappa shape index (κ3) is 8.44. The van der Waals surface area contributed by atoms with Gasteiger partial charge in [0.2, 0.25) is 11.7 Å². The van der Waals surface area contributed by atoms with Gasteiger partial charge in [0, 0.05) is 4.47 Å². The molecule has 0 bridgehead atoms. The number of carbonyl (C=O) groups is 2. The lowest BCUT2D eigenvalue weighted by Crippen LogP contribution is -2.36. The van der Waals surface area contributed by atoms with Crippen LogP contribution in [0.4, 0.5) is 16.3 Å². The first kappa shape index (κ1) is 30.9. The summed E-state index contributed by atoms with van der Waals surface area (Å²) in [6.07, 6.45) is 2.31. The number of hydrogen-bond donors (Lipinski definition) is 3. The molecule has 0 spiro atoms. The van der Waals surface area contributed by atoms with Crippen LogP contribution in [-0.4, -0.2) is 32.4 Å². The molecule has 3 aromatic rings. The molecule has 2 amide bonds. The van der Waals surface area contributed by atoms with Gasteiger partial charge in [0.15, 0.2) is 5.75 Å². The van der Waals surface area contributed by atoms with Gasteiger partial charge in [-0.2, -0.15) is 4.68 Å². The van der Waals surface area contributed by atoms with Gasteiger partial charge in [0.1, 0.15) is 11.4 Å². The van der Waals surface area contributed by atoms with Gasteiger partial charge < -0.3 is 14.8 Å². The number of benzene rings is 2. The van der Waals surface area contributed by atoms with Crippen molar-refractivity contribution < 1.29 is 19.1 Å². The maximum absolute atomic E-state index is 12.5. The van der Waals surface area contributed by atoms with E-state index >= 15 is 0 Å². The smallest absolute Gasteiger partial charge is 0.413 e. The van der Waals surface area contributed by atoms with E-state index < -0.39 is 28.8 Å². The van der Waals surface area contributed by atoms with E-state index in [1.807, 2.05) is 13.8 Å². The first-order chi connectivity index (χ1) is 18.6. The summed E-state index contributed by atoms with van der Waals surface area (Å²) in [5, 5.41) is 8.94. The zero-order valence-electron chi connectivity index (χ0n) is 22.1. The topological polar surface area (TPSA) is 144 Å². The molecule has 0 fully saturated rings. The number of nitrogens with zero attached hydrogens (tertiary/aromatic N) is 2. The number of hydrogen-bond acceptors (Lipinski definition) is 7. The lowest BCUT2D eigenvalue weighted by atomic mass is 10.2. The average Bonchev–Trinajstić information content (AvgIpc) is 2.82. The van der Waals surface area contributed by atoms with E-state index in [1.54, 1.807) is 45.0 Å². The molecule has 0 radical (unpaired) electrons. The largest absolute Gasteiger partial charge is 0.454 e. The third-order valence-corrected chi connectivity index (χ3v) is 5.94. The Hall–Kier alpha value is -3.61. The molecule has 212 valence electrons. The number of rotatable bonds is 7. The number of anilines is 2. The Bertz CT molecular complexity index is 1570. The van der Waals surface area contributed by atoms with Gasteiger partial charge in [-0.15, -0.1) is 5.10 Å². The van der Waals surface area contributed by atoms with Crippen molar-refractivity contribution in [1.29, 1.82) is 0 Å². The van der Waals surface area contributed by atoms with Crippen molar-refractivity contribution in [3.05, 3.63) is 77.8 Å². The van der Waals surface area contributed by atoms with Crippen LogP contribution in [0.25, 0.3) is 5.69 Å². The fourth-order valence-corrected chi connectivity index (χ4v) is 4.07. The SMILES string of the molecule is CC(C)C=CC(=O)Nc1ccc(Oc2c(Cl)cc(-n3nc(NC(=O)OC(C)(C)C)c(=O)[nH]c3=O)cc2Cl)cc1Br. The van der Waals surface area contributed by atoms with Gasteiger partial charge in [-0.3, -0.25) is 19.9 Å². The van der Waals surface area contributed by atoms with E-state index in [2.05, 4.69) is 36.6 Å². The number of halogens is 3. The predicted molar refractivity (Wildman–Crippen MR) is 157 cm³/mol. The molecule has 0 aliphatic heterocycles. The van der Waals surface area contributed by atoms with Crippen LogP contribution in [0.3, 0.4) is 0 Å². The second-order valence-electron chi connectivity index (χ2n) is 9.72. The molecule has 11 nitrogen and oxygen atoms in total. The van der Waals surface area contributed by atoms with E-state index in [0.29, 0.717) is 15.9 Å². The molecule has 1 heterocycles. The zero-order chi connectivity index (χ0) is 29.8. The molecule has 0 atom stereocenters. The highest BCUT2D eigenvalue weighted by molar-refractivity contribution is 9.10. The monoisotopic (exact) mass is 653 g/mol. The summed E-state index contributed by atoms with van der Waals surface area (Å²) in [6, 6.07) is 7.55. The molecule has 0 aliphatic rings. The van der Waals surface area contributed by atoms with Gasteiger partial charge in [0.05, 0.1) is 21.4 Å². The van der Waals surface area contributed by atoms with Gasteiger partial charge >= 0.3 is 11.8 Å². The molecule has 0 saturated carbocycles. The molecule has 1 aromatic heterocycles. The Balaban J connectivity index is 1.85. The molecular formula is C26H26BrCl2N5O6. The third-order valence-electron chi connectivity index (χ3n) is 4.73. The van der Waals surface area contributed by atoms with Crippen LogP contribution in [-0.2, 0) is 9.53 Å². The lowest BCUT2D eigenvalue weighted by Gasteiger charge is -2.19. The summed E-state index contributed by atoms with van der Waals surface area (Å²) >= 11 is 16.3. The summed E-state index contributed by atoms with van der Waals surface area (Å²) < 4.78 is 12.3. The van der Waals surface area contributed by atoms with Gasteiger partial charge in [0.25, 0.3) is 5.56 Å². The summed E-state index contributed by atoms with van der Waals surface area (Å²) in [7, 11) is 0. The number of nitrogens with one attached hydrogen (secondary N) is 3. The van der Waals surface area contributed by atoms with Crippen molar-refractivity contribution in [1.82, 2.24) is 14.8 Å². The fraction of sp³-hybridized carbons (Fsp3) is 0.269. The second kappa shape index (κ2) is 12.7. The molecule has 0 aliphatic carbocycles. The maximum atomic E-state index is 12.5. The highest BCUT2D eigenvalue weighted by Crippen LogP contribution is 2.39. The van der Waals surface area contributed by atoms with Crippen molar-refractivity contribution in [2.24, 2.45) is 5.92 Å². The van der Waals surface area contributed by atoms with Gasteiger partial charge in [-0.25, -0.2) is 9.59 Å². The Morgan fingerprint density at radius 1 is 1.10 bits per heavy atom. The molecule has 3 N–H and O–H groups in total. The number of ether oxygens (including phenoxy) is 2. The van der Waals surface area contributed by atoms with Crippen molar-refractivity contribution in [2.75, 3.05) is 10.6 Å². The average molecular weight is 655 g/mol. The van der Waals surface area contributed by atoms with Crippen LogP contribution < -0.4 is 26.6 Å². The van der Waals surface area contributed by atoms with E-state index in [0.717, 1.165) is 4.68 Å². The van der Waals surface area contributed by atoms with Crippen LogP contribution in [0.15, 0.2) is 56.5 Å². The number of H-pyrrole nitrogens is 1. The molecule has 2 aromatic carbocycles. The Morgan fingerprint density at radius 3 is 2.33 bits per heavy atom. The van der Waals surface area contributed by atoms with E-state index in [9.17, 15) is 19.2 Å². The number of aromatic amines is 1. The van der Waals surface area contributed by atoms with Crippen molar-refractivity contribution in [3.63, 3.8) is 0 Å².